The average Bonchev–Trinajstić information content (AvgIpc) is 2.28. The molecule has 1 saturated heterocycles. The highest BCUT2D eigenvalue weighted by atomic mass is 16.4. The molecule has 6 nitrogen and oxygen atoms in total. The molecule has 0 radical (unpaired) electrons. The maximum atomic E-state index is 11.1. The molecule has 1 aliphatic heterocycles. The van der Waals surface area contributed by atoms with Gasteiger partial charge in [0.2, 0.25) is 5.95 Å². The van der Waals surface area contributed by atoms with E-state index >= 15 is 0 Å². The molecular weight excluding hydrogens is 232 g/mol. The summed E-state index contributed by atoms with van der Waals surface area (Å²) in [4.78, 5) is 23.2. The van der Waals surface area contributed by atoms with E-state index in [0.717, 1.165) is 5.56 Å². The molecule has 2 atom stereocenters. The Balaban J connectivity index is 2.15. The maximum Gasteiger partial charge on any atom is 0.407 e. The van der Waals surface area contributed by atoms with Gasteiger partial charge in [0.1, 0.15) is 0 Å². The topological polar surface area (TPSA) is 69.6 Å². The first-order chi connectivity index (χ1) is 8.49. The summed E-state index contributed by atoms with van der Waals surface area (Å²) in [5, 5.41) is 9.15. The first-order valence-electron chi connectivity index (χ1n) is 6.04. The molecular formula is C12H18N4O2. The van der Waals surface area contributed by atoms with Crippen molar-refractivity contribution in [3.63, 3.8) is 0 Å². The van der Waals surface area contributed by atoms with E-state index in [9.17, 15) is 4.79 Å². The van der Waals surface area contributed by atoms with Gasteiger partial charge in [0.15, 0.2) is 0 Å². The van der Waals surface area contributed by atoms with Gasteiger partial charge < -0.3 is 10.0 Å². The number of aryl methyl sites for hydroxylation is 1. The van der Waals surface area contributed by atoms with Crippen molar-refractivity contribution in [3.8, 4) is 0 Å². The fourth-order valence-corrected chi connectivity index (χ4v) is 2.41. The third kappa shape index (κ3) is 2.37. The van der Waals surface area contributed by atoms with Crippen LogP contribution in [0.3, 0.4) is 0 Å². The first-order valence-corrected chi connectivity index (χ1v) is 6.04. The highest BCUT2D eigenvalue weighted by molar-refractivity contribution is 5.66. The molecule has 0 aliphatic carbocycles. The van der Waals surface area contributed by atoms with E-state index in [1.165, 1.54) is 4.90 Å². The number of carbonyl (C=O) groups is 1. The van der Waals surface area contributed by atoms with E-state index in [1.54, 1.807) is 12.4 Å². The fraction of sp³-hybridized carbons (Fsp3) is 0.583. The largest absolute Gasteiger partial charge is 0.465 e. The summed E-state index contributed by atoms with van der Waals surface area (Å²) in [5.41, 5.74) is 1.02. The van der Waals surface area contributed by atoms with Gasteiger partial charge in [-0.2, -0.15) is 0 Å². The zero-order valence-electron chi connectivity index (χ0n) is 10.9. The number of amides is 1. The highest BCUT2D eigenvalue weighted by Crippen LogP contribution is 2.19. The molecule has 1 aliphatic rings. The van der Waals surface area contributed by atoms with Crippen LogP contribution in [0.2, 0.25) is 0 Å². The highest BCUT2D eigenvalue weighted by Gasteiger charge is 2.33. The predicted molar refractivity (Wildman–Crippen MR) is 67.8 cm³/mol. The van der Waals surface area contributed by atoms with Crippen LogP contribution in [0, 0.1) is 6.92 Å². The van der Waals surface area contributed by atoms with Crippen LogP contribution in [0.15, 0.2) is 12.4 Å². The zero-order chi connectivity index (χ0) is 13.3. The normalized spacial score (nSPS) is 24.2. The molecule has 18 heavy (non-hydrogen) atoms. The van der Waals surface area contributed by atoms with E-state index in [4.69, 9.17) is 5.11 Å². The minimum Gasteiger partial charge on any atom is -0.465 e. The molecule has 0 bridgehead atoms. The summed E-state index contributed by atoms with van der Waals surface area (Å²) in [6.07, 6.45) is 2.70. The monoisotopic (exact) mass is 250 g/mol. The van der Waals surface area contributed by atoms with Crippen LogP contribution >= 0.6 is 0 Å². The van der Waals surface area contributed by atoms with Crippen LogP contribution in [-0.2, 0) is 0 Å². The fourth-order valence-electron chi connectivity index (χ4n) is 2.41. The summed E-state index contributed by atoms with van der Waals surface area (Å²) >= 11 is 0. The van der Waals surface area contributed by atoms with E-state index in [2.05, 4.69) is 9.97 Å². The molecule has 0 saturated carbocycles. The second-order valence-corrected chi connectivity index (χ2v) is 4.85. The molecule has 98 valence electrons. The molecule has 0 unspecified atom stereocenters. The molecule has 2 heterocycles. The second kappa shape index (κ2) is 4.80. The molecule has 6 heteroatoms. The van der Waals surface area contributed by atoms with Crippen LogP contribution in [0.25, 0.3) is 0 Å². The third-order valence-corrected chi connectivity index (χ3v) is 3.19. The van der Waals surface area contributed by atoms with Crippen LogP contribution in [-0.4, -0.2) is 51.2 Å². The van der Waals surface area contributed by atoms with Crippen molar-refractivity contribution in [1.29, 1.82) is 0 Å². The van der Waals surface area contributed by atoms with E-state index < -0.39 is 6.09 Å². The third-order valence-electron chi connectivity index (χ3n) is 3.19. The first kappa shape index (κ1) is 12.6. The van der Waals surface area contributed by atoms with Crippen molar-refractivity contribution in [2.24, 2.45) is 0 Å². The average molecular weight is 250 g/mol. The molecule has 0 aromatic carbocycles. The molecule has 2 rings (SSSR count). The SMILES string of the molecule is Cc1cnc(N2C[C@H](C)N(C(=O)O)[C@@H](C)C2)nc1. The Morgan fingerprint density at radius 1 is 1.28 bits per heavy atom. The number of hydrogen-bond donors (Lipinski definition) is 1. The maximum absolute atomic E-state index is 11.1. The lowest BCUT2D eigenvalue weighted by molar-refractivity contribution is 0.0979. The Morgan fingerprint density at radius 3 is 2.22 bits per heavy atom. The standard InChI is InChI=1S/C12H18N4O2/c1-8-4-13-11(14-5-8)15-6-9(2)16(12(17)18)10(3)7-15/h4-5,9-10H,6-7H2,1-3H3,(H,17,18)/t9-,10-/m0/s1. The molecule has 1 amide bonds. The van der Waals surface area contributed by atoms with E-state index in [1.807, 2.05) is 25.7 Å². The lowest BCUT2D eigenvalue weighted by Crippen LogP contribution is -2.58. The van der Waals surface area contributed by atoms with Gasteiger partial charge in [-0.15, -0.1) is 0 Å². The van der Waals surface area contributed by atoms with Crippen molar-refractivity contribution >= 4 is 12.0 Å². The van der Waals surface area contributed by atoms with Crippen molar-refractivity contribution in [1.82, 2.24) is 14.9 Å². The Hall–Kier alpha value is -1.85. The molecule has 1 aromatic heterocycles. The second-order valence-electron chi connectivity index (χ2n) is 4.85. The van der Waals surface area contributed by atoms with Gasteiger partial charge >= 0.3 is 6.09 Å². The molecule has 0 spiro atoms. The van der Waals surface area contributed by atoms with E-state index in [0.29, 0.717) is 19.0 Å². The van der Waals surface area contributed by atoms with E-state index in [-0.39, 0.29) is 12.1 Å². The van der Waals surface area contributed by atoms with Gasteiger partial charge in [-0.05, 0) is 26.3 Å². The Kier molecular flexibility index (Phi) is 3.36. The lowest BCUT2D eigenvalue weighted by Gasteiger charge is -2.42. The number of anilines is 1. The number of hydrogen-bond acceptors (Lipinski definition) is 4. The quantitative estimate of drug-likeness (QED) is 0.815. The Morgan fingerprint density at radius 2 is 1.78 bits per heavy atom. The molecule has 1 N–H and O–H groups in total. The molecule has 1 fully saturated rings. The number of aromatic nitrogens is 2. The van der Waals surface area contributed by atoms with Gasteiger partial charge in [-0.25, -0.2) is 14.8 Å². The summed E-state index contributed by atoms with van der Waals surface area (Å²) in [6.45, 7) is 7.01. The van der Waals surface area contributed by atoms with Crippen molar-refractivity contribution in [2.75, 3.05) is 18.0 Å². The van der Waals surface area contributed by atoms with Gasteiger partial charge in [0.25, 0.3) is 0 Å². The Bertz CT molecular complexity index is 422. The summed E-state index contributed by atoms with van der Waals surface area (Å²) < 4.78 is 0. The Labute approximate surface area is 106 Å². The summed E-state index contributed by atoms with van der Waals surface area (Å²) in [7, 11) is 0. The predicted octanol–water partition coefficient (Wildman–Crippen LogP) is 1.36. The smallest absolute Gasteiger partial charge is 0.407 e. The van der Waals surface area contributed by atoms with Crippen molar-refractivity contribution < 1.29 is 9.90 Å². The minimum absolute atomic E-state index is 0.0591. The number of nitrogens with zero attached hydrogens (tertiary/aromatic N) is 4. The molecule has 1 aromatic rings. The van der Waals surface area contributed by atoms with Gasteiger partial charge in [-0.3, -0.25) is 4.90 Å². The van der Waals surface area contributed by atoms with Crippen molar-refractivity contribution in [2.45, 2.75) is 32.9 Å². The zero-order valence-corrected chi connectivity index (χ0v) is 10.9. The van der Waals surface area contributed by atoms with Crippen LogP contribution in [0.4, 0.5) is 10.7 Å². The van der Waals surface area contributed by atoms with Gasteiger partial charge in [-0.1, -0.05) is 0 Å². The number of piperazine rings is 1. The van der Waals surface area contributed by atoms with Crippen LogP contribution in [0.5, 0.6) is 0 Å². The van der Waals surface area contributed by atoms with Crippen LogP contribution < -0.4 is 4.90 Å². The summed E-state index contributed by atoms with van der Waals surface area (Å²) in [5.74, 6) is 0.671. The van der Waals surface area contributed by atoms with Crippen molar-refractivity contribution in [3.05, 3.63) is 18.0 Å². The minimum atomic E-state index is -0.862. The summed E-state index contributed by atoms with van der Waals surface area (Å²) in [6, 6.07) is -0.118. The lowest BCUT2D eigenvalue weighted by atomic mass is 10.1. The van der Waals surface area contributed by atoms with Gasteiger partial charge in [0, 0.05) is 25.5 Å². The van der Waals surface area contributed by atoms with Gasteiger partial charge in [0.05, 0.1) is 12.1 Å². The van der Waals surface area contributed by atoms with Crippen LogP contribution in [0.1, 0.15) is 19.4 Å². The number of carboxylic acid groups (broad SMARTS) is 1. The number of rotatable bonds is 1.